The van der Waals surface area contributed by atoms with Crippen molar-refractivity contribution in [2.45, 2.75) is 6.54 Å². The van der Waals surface area contributed by atoms with E-state index in [9.17, 15) is 0 Å². The number of nitrogens with zero attached hydrogens (tertiary/aromatic N) is 5. The van der Waals surface area contributed by atoms with Gasteiger partial charge in [-0.3, -0.25) is 14.1 Å². The van der Waals surface area contributed by atoms with Crippen LogP contribution in [0.15, 0.2) is 157 Å². The van der Waals surface area contributed by atoms with E-state index in [4.69, 9.17) is 4.98 Å². The van der Waals surface area contributed by atoms with Crippen LogP contribution in [0.3, 0.4) is 0 Å². The van der Waals surface area contributed by atoms with Crippen LogP contribution in [-0.4, -0.2) is 20.8 Å². The summed E-state index contributed by atoms with van der Waals surface area (Å²) in [7, 11) is 0. The molecule has 0 atom stereocenters. The molecule has 0 saturated heterocycles. The molecule has 9 aromatic rings. The average Bonchev–Trinajstić information content (AvgIpc) is 3.67. The van der Waals surface area contributed by atoms with Gasteiger partial charge < -0.3 is 4.90 Å². The molecule has 1 aliphatic heterocycles. The van der Waals surface area contributed by atoms with Crippen LogP contribution in [0.1, 0.15) is 5.56 Å². The van der Waals surface area contributed by atoms with Crippen LogP contribution < -0.4 is 4.90 Å². The molecule has 48 heavy (non-hydrogen) atoms. The smallest absolute Gasteiger partial charge is 0.140 e. The number of anilines is 2. The predicted octanol–water partition coefficient (Wildman–Crippen LogP) is 10.9. The predicted molar refractivity (Wildman–Crippen MR) is 200 cm³/mol. The van der Waals surface area contributed by atoms with Gasteiger partial charge in [0, 0.05) is 33.7 Å². The Morgan fingerprint density at radius 2 is 1.08 bits per heavy atom. The van der Waals surface area contributed by atoms with Crippen LogP contribution >= 0.6 is 0 Å². The van der Waals surface area contributed by atoms with Crippen LogP contribution in [0.2, 0.25) is 0 Å². The standard InChI is InChI=1S/C43H29N5/c1-44-33-18-7-11-22-37(33)46-27-28-13-2-3-14-29(28)42-38(46)25-26-39-43(42)32-17-6-10-21-36(32)48(39)41-24-12-23-40(45-41)47-34-19-8-4-15-30(34)31-16-5-9-20-35(31)47/h2-26H,1,27H2. The molecular formula is C43H29N5. The first kappa shape index (κ1) is 26.7. The van der Waals surface area contributed by atoms with E-state index in [0.717, 1.165) is 57.3 Å². The molecule has 1 aliphatic rings. The molecule has 0 aliphatic carbocycles. The Morgan fingerprint density at radius 3 is 1.81 bits per heavy atom. The number of aliphatic imine (C=N–C) groups is 1. The maximum Gasteiger partial charge on any atom is 0.140 e. The number of para-hydroxylation sites is 5. The fourth-order valence-electron chi connectivity index (χ4n) is 7.82. The number of aromatic nitrogens is 3. The van der Waals surface area contributed by atoms with Crippen molar-refractivity contribution in [2.24, 2.45) is 4.99 Å². The number of fused-ring (bicyclic) bond motifs is 10. The van der Waals surface area contributed by atoms with Gasteiger partial charge in [0.1, 0.15) is 11.6 Å². The molecule has 0 unspecified atom stereocenters. The molecule has 5 nitrogen and oxygen atoms in total. The molecule has 226 valence electrons. The van der Waals surface area contributed by atoms with Crippen LogP contribution in [0, 0.1) is 0 Å². The van der Waals surface area contributed by atoms with Crippen LogP contribution in [0.25, 0.3) is 66.4 Å². The third kappa shape index (κ3) is 3.73. The first-order chi connectivity index (χ1) is 23.8. The summed E-state index contributed by atoms with van der Waals surface area (Å²) in [6.07, 6.45) is 0. The molecule has 3 aromatic heterocycles. The summed E-state index contributed by atoms with van der Waals surface area (Å²) in [6.45, 7) is 4.64. The van der Waals surface area contributed by atoms with Gasteiger partial charge in [-0.2, -0.15) is 0 Å². The highest BCUT2D eigenvalue weighted by atomic mass is 15.2. The zero-order valence-electron chi connectivity index (χ0n) is 26.1. The number of rotatable bonds is 4. The molecule has 0 amide bonds. The van der Waals surface area contributed by atoms with Crippen molar-refractivity contribution in [3.8, 4) is 22.8 Å². The molecule has 0 spiro atoms. The van der Waals surface area contributed by atoms with E-state index in [1.807, 2.05) is 12.1 Å². The van der Waals surface area contributed by atoms with Gasteiger partial charge in [0.15, 0.2) is 0 Å². The topological polar surface area (TPSA) is 38.4 Å². The van der Waals surface area contributed by atoms with Crippen molar-refractivity contribution in [1.82, 2.24) is 14.1 Å². The van der Waals surface area contributed by atoms with Gasteiger partial charge in [-0.25, -0.2) is 4.98 Å². The van der Waals surface area contributed by atoms with E-state index in [2.05, 4.69) is 165 Å². The zero-order valence-corrected chi connectivity index (χ0v) is 26.1. The molecule has 0 fully saturated rings. The van der Waals surface area contributed by atoms with Gasteiger partial charge in [0.2, 0.25) is 0 Å². The zero-order chi connectivity index (χ0) is 31.8. The number of pyridine rings is 1. The highest BCUT2D eigenvalue weighted by Crippen LogP contribution is 2.50. The van der Waals surface area contributed by atoms with Crippen molar-refractivity contribution >= 4 is 67.4 Å². The minimum Gasteiger partial charge on any atom is -0.335 e. The molecule has 0 N–H and O–H groups in total. The second kappa shape index (κ2) is 10.3. The minimum atomic E-state index is 0.752. The summed E-state index contributed by atoms with van der Waals surface area (Å²) in [5, 5.41) is 4.86. The molecule has 5 heteroatoms. The minimum absolute atomic E-state index is 0.752. The van der Waals surface area contributed by atoms with Crippen LogP contribution in [-0.2, 0) is 6.54 Å². The lowest BCUT2D eigenvalue weighted by Gasteiger charge is -2.34. The quantitative estimate of drug-likeness (QED) is 0.185. The highest BCUT2D eigenvalue weighted by molar-refractivity contribution is 6.19. The molecule has 4 heterocycles. The molecular weight excluding hydrogens is 587 g/mol. The number of benzene rings is 6. The van der Waals surface area contributed by atoms with Gasteiger partial charge in [-0.15, -0.1) is 0 Å². The van der Waals surface area contributed by atoms with E-state index in [-0.39, 0.29) is 0 Å². The first-order valence-electron chi connectivity index (χ1n) is 16.2. The summed E-state index contributed by atoms with van der Waals surface area (Å²) >= 11 is 0. The van der Waals surface area contributed by atoms with E-state index in [0.29, 0.717) is 0 Å². The second-order valence-electron chi connectivity index (χ2n) is 12.3. The summed E-state index contributed by atoms with van der Waals surface area (Å²) < 4.78 is 4.60. The SMILES string of the molecule is C=Nc1ccccc1N1Cc2ccccc2-c2c1ccc1c2c2ccccc2n1-c1cccc(-n2c3ccccc3c3ccccc32)n1. The summed E-state index contributed by atoms with van der Waals surface area (Å²) in [6, 6.07) is 53.8. The van der Waals surface area contributed by atoms with Gasteiger partial charge in [-0.05, 0) is 72.4 Å². The average molecular weight is 616 g/mol. The molecule has 10 rings (SSSR count). The normalized spacial score (nSPS) is 12.5. The Kier molecular flexibility index (Phi) is 5.72. The van der Waals surface area contributed by atoms with E-state index < -0.39 is 0 Å². The summed E-state index contributed by atoms with van der Waals surface area (Å²) in [5.41, 5.74) is 11.4. The van der Waals surface area contributed by atoms with Gasteiger partial charge in [0.25, 0.3) is 0 Å². The van der Waals surface area contributed by atoms with Crippen molar-refractivity contribution in [2.75, 3.05) is 4.90 Å². The molecule has 0 radical (unpaired) electrons. The van der Waals surface area contributed by atoms with Crippen molar-refractivity contribution in [3.05, 3.63) is 157 Å². The highest BCUT2D eigenvalue weighted by Gasteiger charge is 2.29. The van der Waals surface area contributed by atoms with Gasteiger partial charge >= 0.3 is 0 Å². The monoisotopic (exact) mass is 615 g/mol. The Morgan fingerprint density at radius 1 is 0.500 bits per heavy atom. The lowest BCUT2D eigenvalue weighted by Crippen LogP contribution is -2.21. The molecule has 0 bridgehead atoms. The largest absolute Gasteiger partial charge is 0.335 e. The third-order valence-corrected chi connectivity index (χ3v) is 9.82. The van der Waals surface area contributed by atoms with E-state index in [1.165, 1.54) is 38.2 Å². The Balaban J connectivity index is 1.26. The summed E-state index contributed by atoms with van der Waals surface area (Å²) in [5.74, 6) is 1.77. The van der Waals surface area contributed by atoms with Crippen LogP contribution in [0.4, 0.5) is 17.1 Å². The fraction of sp³-hybridized carbons (Fsp3) is 0.0233. The Hall–Kier alpha value is -6.46. The van der Waals surface area contributed by atoms with Gasteiger partial charge in [-0.1, -0.05) is 97.1 Å². The van der Waals surface area contributed by atoms with Crippen molar-refractivity contribution < 1.29 is 0 Å². The maximum atomic E-state index is 5.40. The van der Waals surface area contributed by atoms with Gasteiger partial charge in [0.05, 0.1) is 39.1 Å². The van der Waals surface area contributed by atoms with E-state index in [1.54, 1.807) is 0 Å². The molecule has 0 saturated carbocycles. The Bertz CT molecular complexity index is 2690. The van der Waals surface area contributed by atoms with Crippen LogP contribution in [0.5, 0.6) is 0 Å². The lowest BCUT2D eigenvalue weighted by molar-refractivity contribution is 0.962. The van der Waals surface area contributed by atoms with Crippen molar-refractivity contribution in [3.63, 3.8) is 0 Å². The summed E-state index contributed by atoms with van der Waals surface area (Å²) in [4.78, 5) is 12.2. The lowest BCUT2D eigenvalue weighted by atomic mass is 9.89. The maximum absolute atomic E-state index is 5.40. The van der Waals surface area contributed by atoms with Crippen molar-refractivity contribution in [1.29, 1.82) is 0 Å². The third-order valence-electron chi connectivity index (χ3n) is 9.82. The first-order valence-corrected chi connectivity index (χ1v) is 16.2. The Labute approximate surface area is 277 Å². The second-order valence-corrected chi connectivity index (χ2v) is 12.3. The number of hydrogen-bond acceptors (Lipinski definition) is 3. The number of hydrogen-bond donors (Lipinski definition) is 0. The van der Waals surface area contributed by atoms with E-state index >= 15 is 0 Å². The molecule has 6 aromatic carbocycles. The fourth-order valence-corrected chi connectivity index (χ4v) is 7.82.